The zero-order chi connectivity index (χ0) is 16.2. The summed E-state index contributed by atoms with van der Waals surface area (Å²) in [6.07, 6.45) is 1.56. The van der Waals surface area contributed by atoms with Gasteiger partial charge in [0, 0.05) is 28.8 Å². The predicted octanol–water partition coefficient (Wildman–Crippen LogP) is 2.63. The molecule has 0 bridgehead atoms. The number of amides is 1. The van der Waals surface area contributed by atoms with E-state index in [1.165, 1.54) is 17.6 Å². The van der Waals surface area contributed by atoms with Gasteiger partial charge in [0.25, 0.3) is 5.91 Å². The SMILES string of the molecule is CS(=O)(=O)CCCNC(=O)c1csc(-c2ccc(Cl)cc2)n1. The number of benzene rings is 1. The van der Waals surface area contributed by atoms with Gasteiger partial charge in [-0.1, -0.05) is 23.7 Å². The van der Waals surface area contributed by atoms with E-state index < -0.39 is 9.84 Å². The van der Waals surface area contributed by atoms with Gasteiger partial charge in [0.1, 0.15) is 20.5 Å². The number of hydrogen-bond donors (Lipinski definition) is 1. The third-order valence-corrected chi connectivity index (χ3v) is 4.98. The number of nitrogens with one attached hydrogen (secondary N) is 1. The molecule has 8 heteroatoms. The molecule has 1 N–H and O–H groups in total. The second-order valence-electron chi connectivity index (χ2n) is 4.78. The van der Waals surface area contributed by atoms with Crippen molar-refractivity contribution in [3.8, 4) is 10.6 Å². The molecule has 0 aliphatic heterocycles. The first-order chi connectivity index (χ1) is 10.3. The van der Waals surface area contributed by atoms with Gasteiger partial charge in [0.15, 0.2) is 0 Å². The number of carbonyl (C=O) groups excluding carboxylic acids is 1. The minimum atomic E-state index is -3.00. The van der Waals surface area contributed by atoms with Crippen LogP contribution in [0.4, 0.5) is 0 Å². The van der Waals surface area contributed by atoms with Gasteiger partial charge in [-0.15, -0.1) is 11.3 Å². The van der Waals surface area contributed by atoms with Crippen LogP contribution in [0.2, 0.25) is 5.02 Å². The first kappa shape index (κ1) is 16.9. The molecule has 0 unspecified atom stereocenters. The van der Waals surface area contributed by atoms with E-state index in [9.17, 15) is 13.2 Å². The van der Waals surface area contributed by atoms with Crippen LogP contribution in [-0.4, -0.2) is 37.9 Å². The number of halogens is 1. The molecule has 0 radical (unpaired) electrons. The zero-order valence-corrected chi connectivity index (χ0v) is 14.3. The number of carbonyl (C=O) groups is 1. The van der Waals surface area contributed by atoms with Gasteiger partial charge in [0.2, 0.25) is 0 Å². The normalized spacial score (nSPS) is 11.4. The summed E-state index contributed by atoms with van der Waals surface area (Å²) in [7, 11) is -3.00. The van der Waals surface area contributed by atoms with Crippen LogP contribution in [0.15, 0.2) is 29.6 Å². The summed E-state index contributed by atoms with van der Waals surface area (Å²) in [5.41, 5.74) is 1.22. The molecule has 5 nitrogen and oxygen atoms in total. The fourth-order valence-electron chi connectivity index (χ4n) is 1.73. The van der Waals surface area contributed by atoms with E-state index in [-0.39, 0.29) is 11.7 Å². The Balaban J connectivity index is 1.93. The van der Waals surface area contributed by atoms with Gasteiger partial charge in [-0.25, -0.2) is 13.4 Å². The van der Waals surface area contributed by atoms with Crippen LogP contribution in [0.5, 0.6) is 0 Å². The van der Waals surface area contributed by atoms with Crippen molar-refractivity contribution in [2.45, 2.75) is 6.42 Å². The Bertz CT molecular complexity index is 755. The Labute approximate surface area is 138 Å². The van der Waals surface area contributed by atoms with Gasteiger partial charge in [-0.3, -0.25) is 4.79 Å². The third kappa shape index (κ3) is 5.08. The minimum absolute atomic E-state index is 0.0559. The summed E-state index contributed by atoms with van der Waals surface area (Å²) in [5.74, 6) is -0.245. The van der Waals surface area contributed by atoms with Crippen molar-refractivity contribution >= 4 is 38.7 Å². The Kier molecular flexibility index (Phi) is 5.55. The first-order valence-electron chi connectivity index (χ1n) is 6.52. The topological polar surface area (TPSA) is 76.1 Å². The van der Waals surface area contributed by atoms with Crippen LogP contribution in [-0.2, 0) is 9.84 Å². The van der Waals surface area contributed by atoms with Crippen LogP contribution >= 0.6 is 22.9 Å². The van der Waals surface area contributed by atoms with E-state index in [1.807, 2.05) is 12.1 Å². The van der Waals surface area contributed by atoms with Gasteiger partial charge in [-0.05, 0) is 18.6 Å². The van der Waals surface area contributed by atoms with E-state index in [0.717, 1.165) is 10.6 Å². The Morgan fingerprint density at radius 3 is 2.64 bits per heavy atom. The molecule has 0 saturated heterocycles. The Morgan fingerprint density at radius 2 is 2.00 bits per heavy atom. The average molecular weight is 359 g/mol. The van der Waals surface area contributed by atoms with Crippen molar-refractivity contribution in [3.63, 3.8) is 0 Å². The lowest BCUT2D eigenvalue weighted by Crippen LogP contribution is -2.26. The lowest BCUT2D eigenvalue weighted by molar-refractivity contribution is 0.0949. The molecule has 0 spiro atoms. The lowest BCUT2D eigenvalue weighted by Gasteiger charge is -2.02. The van der Waals surface area contributed by atoms with Gasteiger partial charge in [0.05, 0.1) is 5.75 Å². The van der Waals surface area contributed by atoms with Crippen molar-refractivity contribution < 1.29 is 13.2 Å². The van der Waals surface area contributed by atoms with Crippen LogP contribution < -0.4 is 5.32 Å². The van der Waals surface area contributed by atoms with E-state index >= 15 is 0 Å². The quantitative estimate of drug-likeness (QED) is 0.805. The summed E-state index contributed by atoms with van der Waals surface area (Å²) < 4.78 is 22.0. The molecule has 2 rings (SSSR count). The maximum absolute atomic E-state index is 11.9. The molecule has 1 aromatic carbocycles. The number of rotatable bonds is 6. The zero-order valence-electron chi connectivity index (χ0n) is 11.9. The molecule has 1 amide bonds. The van der Waals surface area contributed by atoms with Crippen molar-refractivity contribution in [1.29, 1.82) is 0 Å². The number of aromatic nitrogens is 1. The molecule has 0 fully saturated rings. The van der Waals surface area contributed by atoms with Crippen LogP contribution in [0.1, 0.15) is 16.9 Å². The smallest absolute Gasteiger partial charge is 0.270 e. The third-order valence-electron chi connectivity index (χ3n) is 2.81. The summed E-state index contributed by atoms with van der Waals surface area (Å²) in [6.45, 7) is 0.305. The number of nitrogens with zero attached hydrogens (tertiary/aromatic N) is 1. The van der Waals surface area contributed by atoms with Crippen molar-refractivity contribution in [3.05, 3.63) is 40.4 Å². The Hall–Kier alpha value is -1.44. The molecule has 0 aliphatic rings. The van der Waals surface area contributed by atoms with Gasteiger partial charge in [-0.2, -0.15) is 0 Å². The summed E-state index contributed by atoms with van der Waals surface area (Å²) in [6, 6.07) is 7.22. The second kappa shape index (κ2) is 7.21. The largest absolute Gasteiger partial charge is 0.351 e. The molecule has 118 valence electrons. The molecule has 0 atom stereocenters. The van der Waals surface area contributed by atoms with E-state index in [2.05, 4.69) is 10.3 Å². The monoisotopic (exact) mass is 358 g/mol. The van der Waals surface area contributed by atoms with Gasteiger partial charge < -0.3 is 5.32 Å². The highest BCUT2D eigenvalue weighted by Gasteiger charge is 2.11. The second-order valence-corrected chi connectivity index (χ2v) is 8.34. The molecule has 0 saturated carbocycles. The fraction of sp³-hybridized carbons (Fsp3) is 0.286. The molecular weight excluding hydrogens is 344 g/mol. The highest BCUT2D eigenvalue weighted by Crippen LogP contribution is 2.25. The maximum atomic E-state index is 11.9. The first-order valence-corrected chi connectivity index (χ1v) is 9.84. The van der Waals surface area contributed by atoms with E-state index in [4.69, 9.17) is 11.6 Å². The summed E-state index contributed by atoms with van der Waals surface area (Å²) in [5, 5.41) is 5.72. The average Bonchev–Trinajstić information content (AvgIpc) is 2.93. The number of sulfone groups is 1. The number of hydrogen-bond acceptors (Lipinski definition) is 5. The predicted molar refractivity (Wildman–Crippen MR) is 89.2 cm³/mol. The molecular formula is C14H15ClN2O3S2. The summed E-state index contributed by atoms with van der Waals surface area (Å²) >= 11 is 7.20. The minimum Gasteiger partial charge on any atom is -0.351 e. The number of thiazole rings is 1. The van der Waals surface area contributed by atoms with Crippen molar-refractivity contribution in [1.82, 2.24) is 10.3 Å². The van der Waals surface area contributed by atoms with Crippen molar-refractivity contribution in [2.75, 3.05) is 18.6 Å². The highest BCUT2D eigenvalue weighted by atomic mass is 35.5. The maximum Gasteiger partial charge on any atom is 0.270 e. The van der Waals surface area contributed by atoms with Crippen molar-refractivity contribution in [2.24, 2.45) is 0 Å². The molecule has 2 aromatic rings. The lowest BCUT2D eigenvalue weighted by atomic mass is 10.2. The van der Waals surface area contributed by atoms with Crippen LogP contribution in [0.25, 0.3) is 10.6 Å². The Morgan fingerprint density at radius 1 is 1.32 bits per heavy atom. The highest BCUT2D eigenvalue weighted by molar-refractivity contribution is 7.90. The van der Waals surface area contributed by atoms with Gasteiger partial charge >= 0.3 is 0 Å². The molecule has 1 heterocycles. The molecule has 0 aliphatic carbocycles. The van der Waals surface area contributed by atoms with Crippen LogP contribution in [0.3, 0.4) is 0 Å². The summed E-state index contributed by atoms with van der Waals surface area (Å²) in [4.78, 5) is 16.2. The molecule has 1 aromatic heterocycles. The standard InChI is InChI=1S/C14H15ClN2O3S2/c1-22(19,20)8-2-7-16-13(18)12-9-21-14(17-12)10-3-5-11(15)6-4-10/h3-6,9H,2,7-8H2,1H3,(H,16,18). The fourth-order valence-corrected chi connectivity index (χ4v) is 3.33. The van der Waals surface area contributed by atoms with Crippen LogP contribution in [0, 0.1) is 0 Å². The van der Waals surface area contributed by atoms with E-state index in [0.29, 0.717) is 23.7 Å². The molecule has 22 heavy (non-hydrogen) atoms. The van der Waals surface area contributed by atoms with E-state index in [1.54, 1.807) is 17.5 Å².